The highest BCUT2D eigenvalue weighted by atomic mass is 16.5. The second-order valence-electron chi connectivity index (χ2n) is 3.95. The van der Waals surface area contributed by atoms with Gasteiger partial charge in [0.2, 0.25) is 0 Å². The molecule has 0 saturated carbocycles. The Labute approximate surface area is 102 Å². The highest BCUT2D eigenvalue weighted by molar-refractivity contribution is 5.94. The summed E-state index contributed by atoms with van der Waals surface area (Å²) >= 11 is 0. The van der Waals surface area contributed by atoms with Gasteiger partial charge < -0.3 is 15.2 Å². The molecule has 0 radical (unpaired) electrons. The molecule has 94 valence electrons. The van der Waals surface area contributed by atoms with Crippen molar-refractivity contribution in [1.29, 1.82) is 0 Å². The number of benzene rings is 1. The van der Waals surface area contributed by atoms with Crippen molar-refractivity contribution in [3.8, 4) is 5.75 Å². The van der Waals surface area contributed by atoms with Crippen molar-refractivity contribution in [3.63, 3.8) is 0 Å². The molecule has 0 aliphatic heterocycles. The number of carbonyl (C=O) groups is 1. The minimum Gasteiger partial charge on any atom is -0.496 e. The van der Waals surface area contributed by atoms with Crippen LogP contribution < -0.4 is 10.1 Å². The molecule has 4 nitrogen and oxygen atoms in total. The van der Waals surface area contributed by atoms with Gasteiger partial charge in [0, 0.05) is 5.56 Å². The molecule has 0 spiro atoms. The highest BCUT2D eigenvalue weighted by Gasteiger charge is 2.12. The molecule has 0 aliphatic carbocycles. The van der Waals surface area contributed by atoms with Crippen LogP contribution in [0.3, 0.4) is 0 Å². The zero-order valence-corrected chi connectivity index (χ0v) is 10.5. The van der Waals surface area contributed by atoms with Gasteiger partial charge in [-0.25, -0.2) is 0 Å². The minimum atomic E-state index is -0.199. The van der Waals surface area contributed by atoms with Gasteiger partial charge in [0.15, 0.2) is 0 Å². The molecule has 0 bridgehead atoms. The van der Waals surface area contributed by atoms with Crippen molar-refractivity contribution in [2.45, 2.75) is 26.3 Å². The Morgan fingerprint density at radius 3 is 2.76 bits per heavy atom. The lowest BCUT2D eigenvalue weighted by molar-refractivity contribution is 0.0914. The molecule has 0 aliphatic rings. The predicted molar refractivity (Wildman–Crippen MR) is 66.4 cm³/mol. The van der Waals surface area contributed by atoms with E-state index in [9.17, 15) is 4.79 Å². The van der Waals surface area contributed by atoms with E-state index in [0.29, 0.717) is 17.7 Å². The summed E-state index contributed by atoms with van der Waals surface area (Å²) in [6, 6.07) is 5.09. The van der Waals surface area contributed by atoms with Gasteiger partial charge in [-0.05, 0) is 31.0 Å². The molecular weight excluding hydrogens is 218 g/mol. The lowest BCUT2D eigenvalue weighted by Crippen LogP contribution is -2.36. The van der Waals surface area contributed by atoms with E-state index in [1.54, 1.807) is 19.2 Å². The number of nitrogens with one attached hydrogen (secondary N) is 1. The zero-order valence-electron chi connectivity index (χ0n) is 10.5. The Hall–Kier alpha value is -1.55. The topological polar surface area (TPSA) is 58.6 Å². The predicted octanol–water partition coefficient (Wildman–Crippen LogP) is 1.50. The van der Waals surface area contributed by atoms with Gasteiger partial charge in [-0.15, -0.1) is 0 Å². The summed E-state index contributed by atoms with van der Waals surface area (Å²) in [5.74, 6) is 0.499. The van der Waals surface area contributed by atoms with E-state index in [4.69, 9.17) is 9.84 Å². The quantitative estimate of drug-likeness (QED) is 0.816. The SMILES string of the molecule is CC[C@@H](CO)NC(=O)c1ccc(C)c(OC)c1. The average Bonchev–Trinajstić information content (AvgIpc) is 2.36. The van der Waals surface area contributed by atoms with Crippen LogP contribution in [0.5, 0.6) is 5.75 Å². The van der Waals surface area contributed by atoms with Crippen molar-refractivity contribution < 1.29 is 14.6 Å². The number of aryl methyl sites for hydroxylation is 1. The molecule has 0 saturated heterocycles. The molecule has 0 fully saturated rings. The highest BCUT2D eigenvalue weighted by Crippen LogP contribution is 2.18. The van der Waals surface area contributed by atoms with Crippen molar-refractivity contribution in [3.05, 3.63) is 29.3 Å². The van der Waals surface area contributed by atoms with Gasteiger partial charge in [0.05, 0.1) is 19.8 Å². The average molecular weight is 237 g/mol. The van der Waals surface area contributed by atoms with Crippen LogP contribution in [0, 0.1) is 6.92 Å². The van der Waals surface area contributed by atoms with Crippen LogP contribution >= 0.6 is 0 Å². The first-order valence-electron chi connectivity index (χ1n) is 5.68. The number of rotatable bonds is 5. The molecule has 0 unspecified atom stereocenters. The van der Waals surface area contributed by atoms with Crippen molar-refractivity contribution in [2.24, 2.45) is 0 Å². The van der Waals surface area contributed by atoms with Gasteiger partial charge in [-0.3, -0.25) is 4.79 Å². The molecule has 0 heterocycles. The lowest BCUT2D eigenvalue weighted by Gasteiger charge is -2.14. The van der Waals surface area contributed by atoms with Crippen LogP contribution in [0.1, 0.15) is 29.3 Å². The third kappa shape index (κ3) is 3.46. The van der Waals surface area contributed by atoms with Gasteiger partial charge >= 0.3 is 0 Å². The summed E-state index contributed by atoms with van der Waals surface area (Å²) in [6.07, 6.45) is 0.700. The Kier molecular flexibility index (Phi) is 4.97. The molecule has 1 atom stereocenters. The fourth-order valence-corrected chi connectivity index (χ4v) is 1.51. The van der Waals surface area contributed by atoms with E-state index in [0.717, 1.165) is 5.56 Å². The number of aliphatic hydroxyl groups excluding tert-OH is 1. The Morgan fingerprint density at radius 1 is 1.53 bits per heavy atom. The first kappa shape index (κ1) is 13.5. The number of aliphatic hydroxyl groups is 1. The van der Waals surface area contributed by atoms with E-state index in [1.165, 1.54) is 0 Å². The van der Waals surface area contributed by atoms with Crippen LogP contribution in [-0.4, -0.2) is 30.8 Å². The van der Waals surface area contributed by atoms with E-state index in [-0.39, 0.29) is 18.6 Å². The van der Waals surface area contributed by atoms with Crippen molar-refractivity contribution in [1.82, 2.24) is 5.32 Å². The number of ether oxygens (including phenoxy) is 1. The molecule has 0 aromatic heterocycles. The molecule has 1 aromatic rings. The maximum absolute atomic E-state index is 11.9. The summed E-state index contributed by atoms with van der Waals surface area (Å²) in [7, 11) is 1.58. The maximum Gasteiger partial charge on any atom is 0.251 e. The third-order valence-corrected chi connectivity index (χ3v) is 2.72. The van der Waals surface area contributed by atoms with Gasteiger partial charge in [0.1, 0.15) is 5.75 Å². The number of amides is 1. The van der Waals surface area contributed by atoms with Crippen molar-refractivity contribution in [2.75, 3.05) is 13.7 Å². The van der Waals surface area contributed by atoms with E-state index in [2.05, 4.69) is 5.32 Å². The van der Waals surface area contributed by atoms with Gasteiger partial charge in [0.25, 0.3) is 5.91 Å². The fraction of sp³-hybridized carbons (Fsp3) is 0.462. The molecule has 1 rings (SSSR count). The monoisotopic (exact) mass is 237 g/mol. The second-order valence-corrected chi connectivity index (χ2v) is 3.95. The summed E-state index contributed by atoms with van der Waals surface area (Å²) < 4.78 is 5.16. The Balaban J connectivity index is 2.82. The van der Waals surface area contributed by atoms with E-state index < -0.39 is 0 Å². The summed E-state index contributed by atoms with van der Waals surface area (Å²) in [5.41, 5.74) is 1.53. The molecule has 1 amide bonds. The van der Waals surface area contributed by atoms with Crippen LogP contribution in [-0.2, 0) is 0 Å². The van der Waals surface area contributed by atoms with Crippen molar-refractivity contribution >= 4 is 5.91 Å². The Bertz CT molecular complexity index is 386. The van der Waals surface area contributed by atoms with Crippen LogP contribution in [0.4, 0.5) is 0 Å². The number of hydrogen-bond donors (Lipinski definition) is 2. The summed E-state index contributed by atoms with van der Waals surface area (Å²) in [5, 5.41) is 11.8. The Morgan fingerprint density at radius 2 is 2.24 bits per heavy atom. The standard InChI is InChI=1S/C13H19NO3/c1-4-11(8-15)14-13(16)10-6-5-9(2)12(7-10)17-3/h5-7,11,15H,4,8H2,1-3H3,(H,14,16)/t11-/m0/s1. The first-order valence-corrected chi connectivity index (χ1v) is 5.68. The smallest absolute Gasteiger partial charge is 0.251 e. The molecule has 2 N–H and O–H groups in total. The van der Waals surface area contributed by atoms with Crippen LogP contribution in [0.15, 0.2) is 18.2 Å². The second kappa shape index (κ2) is 6.25. The zero-order chi connectivity index (χ0) is 12.8. The largest absolute Gasteiger partial charge is 0.496 e. The number of hydrogen-bond acceptors (Lipinski definition) is 3. The number of methoxy groups -OCH3 is 1. The van der Waals surface area contributed by atoms with E-state index >= 15 is 0 Å². The molecule has 4 heteroatoms. The summed E-state index contributed by atoms with van der Waals surface area (Å²) in [4.78, 5) is 11.9. The molecule has 17 heavy (non-hydrogen) atoms. The minimum absolute atomic E-state index is 0.0504. The molecule has 1 aromatic carbocycles. The summed E-state index contributed by atoms with van der Waals surface area (Å²) in [6.45, 7) is 3.78. The molecular formula is C13H19NO3. The first-order chi connectivity index (χ1) is 8.12. The van der Waals surface area contributed by atoms with Crippen LogP contribution in [0.25, 0.3) is 0 Å². The maximum atomic E-state index is 11.9. The fourth-order valence-electron chi connectivity index (χ4n) is 1.51. The lowest BCUT2D eigenvalue weighted by atomic mass is 10.1. The third-order valence-electron chi connectivity index (χ3n) is 2.72. The normalized spacial score (nSPS) is 12.0. The van der Waals surface area contributed by atoms with E-state index in [1.807, 2.05) is 19.9 Å². The van der Waals surface area contributed by atoms with Crippen LogP contribution in [0.2, 0.25) is 0 Å². The van der Waals surface area contributed by atoms with Gasteiger partial charge in [-0.1, -0.05) is 13.0 Å². The number of carbonyl (C=O) groups excluding carboxylic acids is 1. The van der Waals surface area contributed by atoms with Gasteiger partial charge in [-0.2, -0.15) is 0 Å².